The van der Waals surface area contributed by atoms with Crippen LogP contribution in [0.2, 0.25) is 0 Å². The van der Waals surface area contributed by atoms with Gasteiger partial charge >= 0.3 is 0 Å². The van der Waals surface area contributed by atoms with Crippen LogP contribution in [0.15, 0.2) is 42.5 Å². The normalized spacial score (nSPS) is 11.8. The first kappa shape index (κ1) is 16.2. The molecular formula is C18H24NO3+. The predicted molar refractivity (Wildman–Crippen MR) is 86.8 cm³/mol. The Kier molecular flexibility index (Phi) is 5.67. The van der Waals surface area contributed by atoms with Crippen molar-refractivity contribution in [3.8, 4) is 17.2 Å². The van der Waals surface area contributed by atoms with Crippen molar-refractivity contribution in [2.75, 3.05) is 28.4 Å². The minimum absolute atomic E-state index is 0.648. The summed E-state index contributed by atoms with van der Waals surface area (Å²) in [6.45, 7) is 1.80. The third-order valence-electron chi connectivity index (χ3n) is 3.63. The van der Waals surface area contributed by atoms with Gasteiger partial charge in [-0.25, -0.2) is 0 Å². The molecule has 1 N–H and O–H groups in total. The molecule has 4 heteroatoms. The summed E-state index contributed by atoms with van der Waals surface area (Å²) in [6, 6.07) is 14.4. The van der Waals surface area contributed by atoms with E-state index in [1.54, 1.807) is 21.3 Å². The molecule has 0 saturated carbocycles. The Morgan fingerprint density at radius 3 is 2.05 bits per heavy atom. The van der Waals surface area contributed by atoms with E-state index in [9.17, 15) is 0 Å². The molecule has 1 atom stereocenters. The maximum Gasteiger partial charge on any atom is 0.203 e. The van der Waals surface area contributed by atoms with Crippen LogP contribution in [0.4, 0.5) is 0 Å². The zero-order valence-corrected chi connectivity index (χ0v) is 13.7. The van der Waals surface area contributed by atoms with Crippen molar-refractivity contribution in [3.63, 3.8) is 0 Å². The van der Waals surface area contributed by atoms with Crippen molar-refractivity contribution in [1.82, 2.24) is 0 Å². The summed E-state index contributed by atoms with van der Waals surface area (Å²) in [6.07, 6.45) is 0. The minimum atomic E-state index is 0.648. The molecule has 4 nitrogen and oxygen atoms in total. The van der Waals surface area contributed by atoms with Crippen LogP contribution in [0.1, 0.15) is 11.1 Å². The maximum absolute atomic E-state index is 5.54. The van der Waals surface area contributed by atoms with E-state index >= 15 is 0 Å². The van der Waals surface area contributed by atoms with Crippen molar-refractivity contribution in [2.24, 2.45) is 0 Å². The van der Waals surface area contributed by atoms with E-state index in [0.717, 1.165) is 24.4 Å². The highest BCUT2D eigenvalue weighted by Gasteiger charge is 2.18. The zero-order chi connectivity index (χ0) is 15.9. The lowest BCUT2D eigenvalue weighted by Crippen LogP contribution is -3.06. The second-order valence-electron chi connectivity index (χ2n) is 5.29. The molecule has 0 fully saturated rings. The van der Waals surface area contributed by atoms with Gasteiger partial charge in [0.2, 0.25) is 5.75 Å². The van der Waals surface area contributed by atoms with Gasteiger partial charge in [-0.2, -0.15) is 0 Å². The Labute approximate surface area is 132 Å². The maximum atomic E-state index is 5.54. The Bertz CT molecular complexity index is 599. The van der Waals surface area contributed by atoms with Gasteiger partial charge in [-0.15, -0.1) is 0 Å². The fourth-order valence-corrected chi connectivity index (χ4v) is 2.63. The van der Waals surface area contributed by atoms with E-state index in [2.05, 4.69) is 31.3 Å². The van der Waals surface area contributed by atoms with E-state index in [1.165, 1.54) is 10.5 Å². The molecule has 0 bridgehead atoms. The van der Waals surface area contributed by atoms with Crippen LogP contribution in [0.25, 0.3) is 0 Å². The second-order valence-corrected chi connectivity index (χ2v) is 5.29. The van der Waals surface area contributed by atoms with E-state index < -0.39 is 0 Å². The highest BCUT2D eigenvalue weighted by molar-refractivity contribution is 5.55. The van der Waals surface area contributed by atoms with Gasteiger partial charge in [-0.1, -0.05) is 30.3 Å². The number of methoxy groups -OCH3 is 3. The van der Waals surface area contributed by atoms with Gasteiger partial charge in [-0.3, -0.25) is 0 Å². The molecule has 0 heterocycles. The Morgan fingerprint density at radius 1 is 0.773 bits per heavy atom. The molecule has 2 rings (SSSR count). The quantitative estimate of drug-likeness (QED) is 0.848. The molecule has 1 unspecified atom stereocenters. The van der Waals surface area contributed by atoms with Crippen molar-refractivity contribution in [2.45, 2.75) is 13.1 Å². The molecule has 0 aliphatic heterocycles. The molecule has 0 saturated heterocycles. The van der Waals surface area contributed by atoms with Gasteiger partial charge in [-0.05, 0) is 12.1 Å². The highest BCUT2D eigenvalue weighted by atomic mass is 16.5. The zero-order valence-electron chi connectivity index (χ0n) is 13.7. The van der Waals surface area contributed by atoms with E-state index in [1.807, 2.05) is 18.2 Å². The summed E-state index contributed by atoms with van der Waals surface area (Å²) < 4.78 is 16.3. The first-order valence-corrected chi connectivity index (χ1v) is 7.32. The molecule has 0 radical (unpaired) electrons. The summed E-state index contributed by atoms with van der Waals surface area (Å²) in [5.74, 6) is 2.08. The lowest BCUT2D eigenvalue weighted by Gasteiger charge is -2.19. The number of hydrogen-bond donors (Lipinski definition) is 1. The Hall–Kier alpha value is -2.20. The smallest absolute Gasteiger partial charge is 0.203 e. The lowest BCUT2D eigenvalue weighted by atomic mass is 10.1. The van der Waals surface area contributed by atoms with Gasteiger partial charge in [0.1, 0.15) is 13.1 Å². The standard InChI is InChI=1S/C18H23NO3/c1-19(12-14-8-6-5-7-9-14)13-15-10-11-16(20-2)18(22-4)17(15)21-3/h5-11H,12-13H2,1-4H3/p+1. The summed E-state index contributed by atoms with van der Waals surface area (Å²) in [5, 5.41) is 0. The number of rotatable bonds is 7. The van der Waals surface area contributed by atoms with Gasteiger partial charge < -0.3 is 19.1 Å². The first-order chi connectivity index (χ1) is 10.7. The average molecular weight is 302 g/mol. The summed E-state index contributed by atoms with van der Waals surface area (Å²) in [7, 11) is 7.09. The van der Waals surface area contributed by atoms with Gasteiger partial charge in [0.15, 0.2) is 11.5 Å². The third-order valence-corrected chi connectivity index (χ3v) is 3.63. The predicted octanol–water partition coefficient (Wildman–Crippen LogP) is 1.93. The van der Waals surface area contributed by atoms with Crippen LogP contribution in [0.5, 0.6) is 17.2 Å². The van der Waals surface area contributed by atoms with Crippen LogP contribution >= 0.6 is 0 Å². The van der Waals surface area contributed by atoms with Crippen molar-refractivity contribution < 1.29 is 19.1 Å². The van der Waals surface area contributed by atoms with Crippen molar-refractivity contribution >= 4 is 0 Å². The largest absolute Gasteiger partial charge is 0.493 e. The molecule has 118 valence electrons. The van der Waals surface area contributed by atoms with E-state index in [-0.39, 0.29) is 0 Å². The van der Waals surface area contributed by atoms with Gasteiger partial charge in [0, 0.05) is 5.56 Å². The second kappa shape index (κ2) is 7.71. The molecule has 2 aromatic rings. The number of quaternary nitrogens is 1. The summed E-state index contributed by atoms with van der Waals surface area (Å²) >= 11 is 0. The lowest BCUT2D eigenvalue weighted by molar-refractivity contribution is -0.907. The first-order valence-electron chi connectivity index (χ1n) is 7.32. The average Bonchev–Trinajstić information content (AvgIpc) is 2.55. The molecule has 2 aromatic carbocycles. The molecular weight excluding hydrogens is 278 g/mol. The number of hydrogen-bond acceptors (Lipinski definition) is 3. The molecule has 0 aromatic heterocycles. The Morgan fingerprint density at radius 2 is 1.45 bits per heavy atom. The van der Waals surface area contributed by atoms with E-state index in [0.29, 0.717) is 11.5 Å². The molecule has 0 aliphatic carbocycles. The fraction of sp³-hybridized carbons (Fsp3) is 0.333. The molecule has 0 spiro atoms. The minimum Gasteiger partial charge on any atom is -0.493 e. The SMILES string of the molecule is COc1ccc(C[NH+](C)Cc2ccccc2)c(OC)c1OC. The highest BCUT2D eigenvalue weighted by Crippen LogP contribution is 2.39. The fourth-order valence-electron chi connectivity index (χ4n) is 2.63. The van der Waals surface area contributed by atoms with Crippen LogP contribution in [-0.2, 0) is 13.1 Å². The van der Waals surface area contributed by atoms with Crippen LogP contribution in [-0.4, -0.2) is 28.4 Å². The van der Waals surface area contributed by atoms with Gasteiger partial charge in [0.05, 0.1) is 33.9 Å². The molecule has 22 heavy (non-hydrogen) atoms. The van der Waals surface area contributed by atoms with Crippen LogP contribution in [0.3, 0.4) is 0 Å². The summed E-state index contributed by atoms with van der Waals surface area (Å²) in [5.41, 5.74) is 2.42. The number of ether oxygens (including phenoxy) is 3. The Balaban J connectivity index is 2.18. The monoisotopic (exact) mass is 302 g/mol. The third kappa shape index (κ3) is 3.71. The molecule has 0 amide bonds. The van der Waals surface area contributed by atoms with Crippen molar-refractivity contribution in [3.05, 3.63) is 53.6 Å². The number of nitrogens with one attached hydrogen (secondary N) is 1. The van der Waals surface area contributed by atoms with Gasteiger partial charge in [0.25, 0.3) is 0 Å². The van der Waals surface area contributed by atoms with E-state index in [4.69, 9.17) is 14.2 Å². The number of benzene rings is 2. The molecule has 0 aliphatic rings. The van der Waals surface area contributed by atoms with Crippen molar-refractivity contribution in [1.29, 1.82) is 0 Å². The van der Waals surface area contributed by atoms with Crippen LogP contribution in [0, 0.1) is 0 Å². The van der Waals surface area contributed by atoms with Crippen LogP contribution < -0.4 is 19.1 Å². The topological polar surface area (TPSA) is 32.1 Å². The summed E-state index contributed by atoms with van der Waals surface area (Å²) in [4.78, 5) is 1.37.